The zero-order valence-electron chi connectivity index (χ0n) is 13.7. The number of nitrogens with one attached hydrogen (secondary N) is 1. The Morgan fingerprint density at radius 2 is 1.62 bits per heavy atom. The summed E-state index contributed by atoms with van der Waals surface area (Å²) >= 11 is 0. The van der Waals surface area contributed by atoms with E-state index in [2.05, 4.69) is 10.2 Å². The van der Waals surface area contributed by atoms with E-state index in [-0.39, 0.29) is 0 Å². The van der Waals surface area contributed by atoms with Crippen LogP contribution in [0.4, 0.5) is 0 Å². The molecule has 0 radical (unpaired) electrons. The highest BCUT2D eigenvalue weighted by Gasteiger charge is 2.08. The van der Waals surface area contributed by atoms with Gasteiger partial charge >= 0.3 is 11.9 Å². The zero-order chi connectivity index (χ0) is 17.8. The fraction of sp³-hybridized carbons (Fsp3) is 0.500. The molecule has 0 aromatic heterocycles. The van der Waals surface area contributed by atoms with E-state index >= 15 is 0 Å². The standard InChI is InChI=1S/C14H22N2O2.C2H2O4/c1-17-13-3-5-14(6-4-13)18-12-2-9-16-10-7-15-8-11-16;3-1(4)2(5)6/h3-6,15H,2,7-12H2,1H3;(H,3,4)(H,5,6). The molecule has 0 spiro atoms. The van der Waals surface area contributed by atoms with Crippen molar-refractivity contribution in [3.8, 4) is 11.5 Å². The fourth-order valence-corrected chi connectivity index (χ4v) is 2.08. The molecule has 0 bridgehead atoms. The van der Waals surface area contributed by atoms with Gasteiger partial charge in [-0.1, -0.05) is 0 Å². The van der Waals surface area contributed by atoms with E-state index in [0.717, 1.165) is 57.3 Å². The Morgan fingerprint density at radius 3 is 2.12 bits per heavy atom. The van der Waals surface area contributed by atoms with E-state index in [1.807, 2.05) is 24.3 Å². The first-order chi connectivity index (χ1) is 11.5. The number of ether oxygens (including phenoxy) is 2. The van der Waals surface area contributed by atoms with Gasteiger partial charge in [0.25, 0.3) is 0 Å². The molecular formula is C16H24N2O6. The summed E-state index contributed by atoms with van der Waals surface area (Å²) in [7, 11) is 1.67. The third-order valence-corrected chi connectivity index (χ3v) is 3.34. The van der Waals surface area contributed by atoms with E-state index in [4.69, 9.17) is 29.3 Å². The van der Waals surface area contributed by atoms with Crippen LogP contribution in [0.5, 0.6) is 11.5 Å². The fourth-order valence-electron chi connectivity index (χ4n) is 2.08. The quantitative estimate of drug-likeness (QED) is 0.508. The number of rotatable bonds is 6. The molecule has 2 rings (SSSR count). The normalized spacial score (nSPS) is 14.2. The molecular weight excluding hydrogens is 316 g/mol. The summed E-state index contributed by atoms with van der Waals surface area (Å²) in [5.41, 5.74) is 0. The van der Waals surface area contributed by atoms with Crippen molar-refractivity contribution in [1.82, 2.24) is 10.2 Å². The lowest BCUT2D eigenvalue weighted by atomic mass is 10.3. The average molecular weight is 340 g/mol. The van der Waals surface area contributed by atoms with E-state index in [0.29, 0.717) is 0 Å². The Bertz CT molecular complexity index is 488. The van der Waals surface area contributed by atoms with Crippen molar-refractivity contribution >= 4 is 11.9 Å². The van der Waals surface area contributed by atoms with Crippen LogP contribution in [-0.4, -0.2) is 73.5 Å². The third-order valence-electron chi connectivity index (χ3n) is 3.34. The van der Waals surface area contributed by atoms with E-state index in [9.17, 15) is 0 Å². The molecule has 0 unspecified atom stereocenters. The molecule has 3 N–H and O–H groups in total. The first kappa shape index (κ1) is 19.7. The predicted octanol–water partition coefficient (Wildman–Crippen LogP) is 0.525. The summed E-state index contributed by atoms with van der Waals surface area (Å²) in [4.78, 5) is 20.7. The molecule has 1 aliphatic heterocycles. The van der Waals surface area contributed by atoms with Crippen LogP contribution in [0.1, 0.15) is 6.42 Å². The van der Waals surface area contributed by atoms with Crippen LogP contribution in [0.15, 0.2) is 24.3 Å². The van der Waals surface area contributed by atoms with Crippen molar-refractivity contribution in [2.24, 2.45) is 0 Å². The molecule has 1 aliphatic rings. The number of carbonyl (C=O) groups is 2. The van der Waals surface area contributed by atoms with Gasteiger partial charge in [0.15, 0.2) is 0 Å². The van der Waals surface area contributed by atoms with Crippen molar-refractivity contribution in [1.29, 1.82) is 0 Å². The maximum atomic E-state index is 9.10. The molecule has 0 atom stereocenters. The van der Waals surface area contributed by atoms with Gasteiger partial charge in [0, 0.05) is 32.7 Å². The second kappa shape index (κ2) is 11.3. The van der Waals surface area contributed by atoms with Gasteiger partial charge in [-0.05, 0) is 30.7 Å². The van der Waals surface area contributed by atoms with Crippen molar-refractivity contribution in [2.45, 2.75) is 6.42 Å². The molecule has 0 amide bonds. The minimum atomic E-state index is -1.82. The summed E-state index contributed by atoms with van der Waals surface area (Å²) in [5, 5.41) is 18.1. The molecule has 134 valence electrons. The molecule has 1 aromatic rings. The highest BCUT2D eigenvalue weighted by molar-refractivity contribution is 6.27. The first-order valence-electron chi connectivity index (χ1n) is 7.69. The van der Waals surface area contributed by atoms with Gasteiger partial charge in [-0.3, -0.25) is 0 Å². The molecule has 8 nitrogen and oxygen atoms in total. The monoisotopic (exact) mass is 340 g/mol. The number of carboxylic acids is 2. The number of carboxylic acid groups (broad SMARTS) is 2. The maximum Gasteiger partial charge on any atom is 0.414 e. The van der Waals surface area contributed by atoms with Crippen LogP contribution in [0.2, 0.25) is 0 Å². The maximum absolute atomic E-state index is 9.10. The van der Waals surface area contributed by atoms with Gasteiger partial charge in [0.2, 0.25) is 0 Å². The van der Waals surface area contributed by atoms with Gasteiger partial charge in [-0.15, -0.1) is 0 Å². The SMILES string of the molecule is COc1ccc(OCCCN2CCNCC2)cc1.O=C(O)C(=O)O. The molecule has 24 heavy (non-hydrogen) atoms. The number of piperazine rings is 1. The molecule has 0 aliphatic carbocycles. The van der Waals surface area contributed by atoms with Crippen molar-refractivity contribution in [3.63, 3.8) is 0 Å². The Balaban J connectivity index is 0.000000413. The van der Waals surface area contributed by atoms with Crippen LogP contribution < -0.4 is 14.8 Å². The number of hydrogen-bond donors (Lipinski definition) is 3. The van der Waals surface area contributed by atoms with Crippen LogP contribution in [-0.2, 0) is 9.59 Å². The minimum absolute atomic E-state index is 0.774. The highest BCUT2D eigenvalue weighted by atomic mass is 16.5. The number of hydrogen-bond acceptors (Lipinski definition) is 6. The van der Waals surface area contributed by atoms with Crippen LogP contribution in [0, 0.1) is 0 Å². The molecule has 1 fully saturated rings. The van der Waals surface area contributed by atoms with Gasteiger partial charge in [0.1, 0.15) is 11.5 Å². The number of methoxy groups -OCH3 is 1. The van der Waals surface area contributed by atoms with Gasteiger partial charge < -0.3 is 29.9 Å². The summed E-state index contributed by atoms with van der Waals surface area (Å²) in [6.07, 6.45) is 1.08. The Labute approximate surface area is 141 Å². The number of nitrogens with zero attached hydrogens (tertiary/aromatic N) is 1. The largest absolute Gasteiger partial charge is 0.497 e. The highest BCUT2D eigenvalue weighted by Crippen LogP contribution is 2.17. The topological polar surface area (TPSA) is 108 Å². The van der Waals surface area contributed by atoms with E-state index < -0.39 is 11.9 Å². The van der Waals surface area contributed by atoms with Crippen LogP contribution in [0.25, 0.3) is 0 Å². The third kappa shape index (κ3) is 8.35. The first-order valence-corrected chi connectivity index (χ1v) is 7.69. The second-order valence-corrected chi connectivity index (χ2v) is 5.08. The summed E-state index contributed by atoms with van der Waals surface area (Å²) < 4.78 is 10.8. The zero-order valence-corrected chi connectivity index (χ0v) is 13.7. The molecule has 0 saturated carbocycles. The second-order valence-electron chi connectivity index (χ2n) is 5.08. The van der Waals surface area contributed by atoms with Gasteiger partial charge in [-0.2, -0.15) is 0 Å². The smallest absolute Gasteiger partial charge is 0.414 e. The lowest BCUT2D eigenvalue weighted by Gasteiger charge is -2.26. The molecule has 8 heteroatoms. The van der Waals surface area contributed by atoms with Crippen molar-refractivity contribution in [3.05, 3.63) is 24.3 Å². The Morgan fingerprint density at radius 1 is 1.08 bits per heavy atom. The van der Waals surface area contributed by atoms with E-state index in [1.165, 1.54) is 0 Å². The average Bonchev–Trinajstić information content (AvgIpc) is 2.60. The summed E-state index contributed by atoms with van der Waals surface area (Å²) in [6.45, 7) is 6.43. The minimum Gasteiger partial charge on any atom is -0.497 e. The lowest BCUT2D eigenvalue weighted by Crippen LogP contribution is -2.43. The van der Waals surface area contributed by atoms with Crippen molar-refractivity contribution < 1.29 is 29.3 Å². The van der Waals surface area contributed by atoms with Crippen LogP contribution >= 0.6 is 0 Å². The number of benzene rings is 1. The summed E-state index contributed by atoms with van der Waals surface area (Å²) in [5.74, 6) is -1.87. The predicted molar refractivity (Wildman–Crippen MR) is 87.7 cm³/mol. The van der Waals surface area contributed by atoms with Gasteiger partial charge in [-0.25, -0.2) is 9.59 Å². The van der Waals surface area contributed by atoms with Crippen molar-refractivity contribution in [2.75, 3.05) is 46.4 Å². The Hall–Kier alpha value is -2.32. The van der Waals surface area contributed by atoms with E-state index in [1.54, 1.807) is 7.11 Å². The lowest BCUT2D eigenvalue weighted by molar-refractivity contribution is -0.159. The summed E-state index contributed by atoms with van der Waals surface area (Å²) in [6, 6.07) is 7.74. The Kier molecular flexibility index (Phi) is 9.25. The van der Waals surface area contributed by atoms with Crippen LogP contribution in [0.3, 0.4) is 0 Å². The number of aliphatic carboxylic acids is 2. The molecule has 1 heterocycles. The van der Waals surface area contributed by atoms with Gasteiger partial charge in [0.05, 0.1) is 13.7 Å². The molecule has 1 saturated heterocycles. The molecule has 1 aromatic carbocycles.